The molecule has 3 heterocycles. The lowest BCUT2D eigenvalue weighted by atomic mass is 10.1. The number of amides is 1. The molecular formula is C16H24N2O2. The van der Waals surface area contributed by atoms with Crippen molar-refractivity contribution >= 4 is 5.91 Å². The van der Waals surface area contributed by atoms with Crippen LogP contribution in [0.3, 0.4) is 0 Å². The molecule has 1 atom stereocenters. The van der Waals surface area contributed by atoms with Crippen LogP contribution >= 0.6 is 0 Å². The molecular weight excluding hydrogens is 252 g/mol. The van der Waals surface area contributed by atoms with Gasteiger partial charge in [0.05, 0.1) is 18.8 Å². The fourth-order valence-corrected chi connectivity index (χ4v) is 3.40. The third kappa shape index (κ3) is 3.06. The van der Waals surface area contributed by atoms with E-state index in [9.17, 15) is 4.79 Å². The van der Waals surface area contributed by atoms with Gasteiger partial charge in [0, 0.05) is 13.1 Å². The Morgan fingerprint density at radius 3 is 2.70 bits per heavy atom. The molecule has 0 aromatic carbocycles. The van der Waals surface area contributed by atoms with Crippen LogP contribution in [0.5, 0.6) is 0 Å². The first-order valence-corrected chi connectivity index (χ1v) is 7.90. The van der Waals surface area contributed by atoms with Crippen LogP contribution in [0, 0.1) is 0 Å². The van der Waals surface area contributed by atoms with Crippen LogP contribution < -0.4 is 0 Å². The second-order valence-corrected chi connectivity index (χ2v) is 5.94. The number of nitrogens with zero attached hydrogens (tertiary/aromatic N) is 2. The van der Waals surface area contributed by atoms with Gasteiger partial charge < -0.3 is 9.32 Å². The van der Waals surface area contributed by atoms with Crippen LogP contribution in [-0.2, 0) is 4.79 Å². The average Bonchev–Trinajstić information content (AvgIpc) is 3.11. The maximum atomic E-state index is 12.4. The Kier molecular flexibility index (Phi) is 4.41. The van der Waals surface area contributed by atoms with Crippen molar-refractivity contribution in [3.05, 3.63) is 24.2 Å². The number of likely N-dealkylation sites (tertiary alicyclic amines) is 2. The van der Waals surface area contributed by atoms with Gasteiger partial charge in [-0.2, -0.15) is 0 Å². The van der Waals surface area contributed by atoms with Crippen molar-refractivity contribution in [2.24, 2.45) is 0 Å². The second kappa shape index (κ2) is 6.44. The summed E-state index contributed by atoms with van der Waals surface area (Å²) in [5, 5.41) is 0. The zero-order valence-corrected chi connectivity index (χ0v) is 12.1. The molecule has 1 aromatic rings. The number of hydrogen-bond acceptors (Lipinski definition) is 3. The maximum absolute atomic E-state index is 12.4. The second-order valence-electron chi connectivity index (χ2n) is 5.94. The Labute approximate surface area is 120 Å². The van der Waals surface area contributed by atoms with Gasteiger partial charge in [0.15, 0.2) is 0 Å². The first-order chi connectivity index (χ1) is 9.84. The summed E-state index contributed by atoms with van der Waals surface area (Å²) in [6.45, 7) is 3.44. The monoisotopic (exact) mass is 276 g/mol. The van der Waals surface area contributed by atoms with E-state index in [1.165, 1.54) is 19.3 Å². The summed E-state index contributed by atoms with van der Waals surface area (Å²) in [4.78, 5) is 16.7. The molecule has 0 aliphatic carbocycles. The summed E-state index contributed by atoms with van der Waals surface area (Å²) >= 11 is 0. The van der Waals surface area contributed by atoms with Crippen LogP contribution in [0.2, 0.25) is 0 Å². The molecule has 3 rings (SSSR count). The van der Waals surface area contributed by atoms with Gasteiger partial charge in [-0.1, -0.05) is 12.8 Å². The molecule has 2 aliphatic heterocycles. The Hall–Kier alpha value is -1.29. The Bertz CT molecular complexity index is 424. The molecule has 1 unspecified atom stereocenters. The van der Waals surface area contributed by atoms with Crippen LogP contribution in [-0.4, -0.2) is 41.9 Å². The molecule has 0 bridgehead atoms. The van der Waals surface area contributed by atoms with Crippen LogP contribution in [0.4, 0.5) is 0 Å². The van der Waals surface area contributed by atoms with Gasteiger partial charge in [-0.25, -0.2) is 0 Å². The summed E-state index contributed by atoms with van der Waals surface area (Å²) in [6.07, 6.45) is 8.82. The molecule has 20 heavy (non-hydrogen) atoms. The van der Waals surface area contributed by atoms with E-state index in [-0.39, 0.29) is 6.04 Å². The molecule has 4 nitrogen and oxygen atoms in total. The van der Waals surface area contributed by atoms with Gasteiger partial charge in [0.2, 0.25) is 5.91 Å². The highest BCUT2D eigenvalue weighted by molar-refractivity contribution is 5.78. The van der Waals surface area contributed by atoms with E-state index in [1.807, 2.05) is 17.0 Å². The lowest BCUT2D eigenvalue weighted by Gasteiger charge is -2.29. The van der Waals surface area contributed by atoms with E-state index < -0.39 is 0 Å². The Morgan fingerprint density at radius 2 is 1.95 bits per heavy atom. The highest BCUT2D eigenvalue weighted by Crippen LogP contribution is 2.30. The number of carbonyl (C=O) groups is 1. The molecule has 0 saturated carbocycles. The van der Waals surface area contributed by atoms with Crippen molar-refractivity contribution in [3.63, 3.8) is 0 Å². The SMILES string of the molecule is O=C(CN1CCCCCC1c1ccco1)N1CCCC1. The van der Waals surface area contributed by atoms with Crippen LogP contribution in [0.15, 0.2) is 22.8 Å². The lowest BCUT2D eigenvalue weighted by molar-refractivity contribution is -0.132. The van der Waals surface area contributed by atoms with Gasteiger partial charge >= 0.3 is 0 Å². The zero-order chi connectivity index (χ0) is 13.8. The van der Waals surface area contributed by atoms with Crippen molar-refractivity contribution in [2.45, 2.75) is 44.6 Å². The third-order valence-corrected chi connectivity index (χ3v) is 4.53. The maximum Gasteiger partial charge on any atom is 0.236 e. The largest absolute Gasteiger partial charge is 0.468 e. The van der Waals surface area contributed by atoms with Gasteiger partial charge in [-0.15, -0.1) is 0 Å². The molecule has 0 N–H and O–H groups in total. The molecule has 2 aliphatic rings. The highest BCUT2D eigenvalue weighted by atomic mass is 16.3. The van der Waals surface area contributed by atoms with Gasteiger partial charge in [-0.05, 0) is 44.4 Å². The Morgan fingerprint density at radius 1 is 1.15 bits per heavy atom. The highest BCUT2D eigenvalue weighted by Gasteiger charge is 2.28. The number of rotatable bonds is 3. The Balaban J connectivity index is 1.68. The molecule has 1 amide bonds. The van der Waals surface area contributed by atoms with Gasteiger partial charge in [0.25, 0.3) is 0 Å². The van der Waals surface area contributed by atoms with Crippen molar-refractivity contribution in [3.8, 4) is 0 Å². The minimum Gasteiger partial charge on any atom is -0.468 e. The first-order valence-electron chi connectivity index (χ1n) is 7.90. The molecule has 2 saturated heterocycles. The standard InChI is InChI=1S/C16H24N2O2/c19-16(17-9-4-5-10-17)13-18-11-3-1-2-7-14(18)15-8-6-12-20-15/h6,8,12,14H,1-5,7,9-11,13H2. The quantitative estimate of drug-likeness (QED) is 0.852. The fraction of sp³-hybridized carbons (Fsp3) is 0.688. The predicted octanol–water partition coefficient (Wildman–Crippen LogP) is 2.82. The van der Waals surface area contributed by atoms with E-state index in [0.717, 1.165) is 44.7 Å². The smallest absolute Gasteiger partial charge is 0.236 e. The zero-order valence-electron chi connectivity index (χ0n) is 12.1. The summed E-state index contributed by atoms with van der Waals surface area (Å²) in [7, 11) is 0. The summed E-state index contributed by atoms with van der Waals surface area (Å²) in [6, 6.07) is 4.27. The molecule has 0 spiro atoms. The number of furan rings is 1. The predicted molar refractivity (Wildman–Crippen MR) is 77.3 cm³/mol. The molecule has 4 heteroatoms. The van der Waals surface area contributed by atoms with Crippen LogP contribution in [0.25, 0.3) is 0 Å². The number of hydrogen-bond donors (Lipinski definition) is 0. The first kappa shape index (κ1) is 13.7. The summed E-state index contributed by atoms with van der Waals surface area (Å²) in [5.41, 5.74) is 0. The van der Waals surface area contributed by atoms with E-state index in [4.69, 9.17) is 4.42 Å². The van der Waals surface area contributed by atoms with Crippen molar-refractivity contribution in [1.29, 1.82) is 0 Å². The molecule has 0 radical (unpaired) electrons. The van der Waals surface area contributed by atoms with Crippen molar-refractivity contribution in [1.82, 2.24) is 9.80 Å². The topological polar surface area (TPSA) is 36.7 Å². The summed E-state index contributed by atoms with van der Waals surface area (Å²) in [5.74, 6) is 1.31. The van der Waals surface area contributed by atoms with E-state index in [2.05, 4.69) is 4.90 Å². The molecule has 2 fully saturated rings. The number of carbonyl (C=O) groups excluding carboxylic acids is 1. The van der Waals surface area contributed by atoms with Gasteiger partial charge in [-0.3, -0.25) is 9.69 Å². The van der Waals surface area contributed by atoms with Crippen molar-refractivity contribution < 1.29 is 9.21 Å². The minimum atomic E-state index is 0.277. The summed E-state index contributed by atoms with van der Waals surface area (Å²) < 4.78 is 5.60. The average molecular weight is 276 g/mol. The van der Waals surface area contributed by atoms with E-state index in [0.29, 0.717) is 12.5 Å². The molecule has 1 aromatic heterocycles. The minimum absolute atomic E-state index is 0.277. The van der Waals surface area contributed by atoms with E-state index in [1.54, 1.807) is 6.26 Å². The third-order valence-electron chi connectivity index (χ3n) is 4.53. The van der Waals surface area contributed by atoms with Gasteiger partial charge in [0.1, 0.15) is 5.76 Å². The molecule has 110 valence electrons. The van der Waals surface area contributed by atoms with Crippen LogP contribution in [0.1, 0.15) is 50.3 Å². The lowest BCUT2D eigenvalue weighted by Crippen LogP contribution is -2.40. The normalized spacial score (nSPS) is 24.8. The fourth-order valence-electron chi connectivity index (χ4n) is 3.40. The van der Waals surface area contributed by atoms with Crippen molar-refractivity contribution in [2.75, 3.05) is 26.2 Å². The van der Waals surface area contributed by atoms with E-state index >= 15 is 0 Å².